The molecule has 1 aromatic heterocycles. The Morgan fingerprint density at radius 2 is 1.74 bits per heavy atom. The molecule has 0 aliphatic carbocycles. The van der Waals surface area contributed by atoms with E-state index in [0.29, 0.717) is 23.0 Å². The van der Waals surface area contributed by atoms with E-state index >= 15 is 0 Å². The first-order valence-corrected chi connectivity index (χ1v) is 12.5. The fourth-order valence-corrected chi connectivity index (χ4v) is 4.44. The number of para-hydroxylation sites is 1. The minimum atomic E-state index is -1.16. The number of benzodiazepines with no additional fused rings is 1. The molecule has 1 aliphatic heterocycles. The Hall–Kier alpha value is -5.06. The minimum absolute atomic E-state index is 0.333. The molecule has 4 aromatic rings. The van der Waals surface area contributed by atoms with Gasteiger partial charge in [-0.25, -0.2) is 14.9 Å². The second-order valence-electron chi connectivity index (χ2n) is 10.1. The van der Waals surface area contributed by atoms with Gasteiger partial charge in [0.15, 0.2) is 0 Å². The van der Waals surface area contributed by atoms with Crippen LogP contribution in [0.4, 0.5) is 27.8 Å². The number of amides is 3. The summed E-state index contributed by atoms with van der Waals surface area (Å²) in [7, 11) is 0. The van der Waals surface area contributed by atoms with Crippen molar-refractivity contribution in [3.63, 3.8) is 0 Å². The van der Waals surface area contributed by atoms with E-state index in [1.54, 1.807) is 17.0 Å². The summed E-state index contributed by atoms with van der Waals surface area (Å²) in [5.41, 5.74) is 4.58. The molecule has 4 N–H and O–H groups in total. The first kappa shape index (κ1) is 25.6. The number of urea groups is 1. The molecule has 0 bridgehead atoms. The Labute approximate surface area is 225 Å². The number of aromatic amines is 1. The van der Waals surface area contributed by atoms with Crippen molar-refractivity contribution in [2.45, 2.75) is 39.4 Å². The van der Waals surface area contributed by atoms with Gasteiger partial charge in [-0.2, -0.15) is 0 Å². The standard InChI is InChI=1S/C28H29N9O2/c1-17-14-15-19(16-21(17)30-26-33-35-36-34-26)29-27(39)32-24-25(38)37(28(2,3)4)22-13-9-8-12-20(22)23(31-24)18-10-6-5-7-11-18/h5-16,24H,1-4H3,(H2,29,32,39)(H2,30,33,34,35,36)/t24-/m0/s1. The van der Waals surface area contributed by atoms with Crippen molar-refractivity contribution < 1.29 is 9.59 Å². The van der Waals surface area contributed by atoms with E-state index in [1.165, 1.54) is 0 Å². The van der Waals surface area contributed by atoms with Crippen LogP contribution in [0.2, 0.25) is 0 Å². The molecule has 11 nitrogen and oxygen atoms in total. The molecule has 0 unspecified atom stereocenters. The van der Waals surface area contributed by atoms with Crippen molar-refractivity contribution in [2.24, 2.45) is 4.99 Å². The van der Waals surface area contributed by atoms with Crippen molar-refractivity contribution in [3.8, 4) is 0 Å². The van der Waals surface area contributed by atoms with Crippen LogP contribution in [0.5, 0.6) is 0 Å². The number of hydrogen-bond donors (Lipinski definition) is 4. The highest BCUT2D eigenvalue weighted by Gasteiger charge is 2.38. The summed E-state index contributed by atoms with van der Waals surface area (Å²) in [4.78, 5) is 33.7. The summed E-state index contributed by atoms with van der Waals surface area (Å²) in [6, 6.07) is 22.1. The maximum absolute atomic E-state index is 13.9. The number of aromatic nitrogens is 4. The zero-order valence-corrected chi connectivity index (χ0v) is 22.1. The van der Waals surface area contributed by atoms with E-state index in [0.717, 1.165) is 22.4 Å². The van der Waals surface area contributed by atoms with E-state index in [1.807, 2.05) is 88.4 Å². The highest BCUT2D eigenvalue weighted by molar-refractivity contribution is 6.20. The van der Waals surface area contributed by atoms with Gasteiger partial charge in [-0.05, 0) is 61.9 Å². The van der Waals surface area contributed by atoms with Crippen molar-refractivity contribution in [1.29, 1.82) is 0 Å². The summed E-state index contributed by atoms with van der Waals surface area (Å²) in [5, 5.41) is 22.2. The number of hydrogen-bond acceptors (Lipinski definition) is 7. The largest absolute Gasteiger partial charge is 0.323 e. The average Bonchev–Trinajstić information content (AvgIpc) is 3.37. The van der Waals surface area contributed by atoms with Crippen LogP contribution >= 0.6 is 0 Å². The van der Waals surface area contributed by atoms with Crippen LogP contribution in [-0.2, 0) is 4.79 Å². The lowest BCUT2D eigenvalue weighted by molar-refractivity contribution is -0.121. The second-order valence-corrected chi connectivity index (χ2v) is 10.1. The van der Waals surface area contributed by atoms with E-state index in [2.05, 4.69) is 36.6 Å². The third kappa shape index (κ3) is 5.47. The van der Waals surface area contributed by atoms with Crippen LogP contribution in [0, 0.1) is 6.92 Å². The third-order valence-corrected chi connectivity index (χ3v) is 6.19. The lowest BCUT2D eigenvalue weighted by Gasteiger charge is -2.37. The van der Waals surface area contributed by atoms with Crippen molar-refractivity contribution >= 4 is 40.7 Å². The van der Waals surface area contributed by atoms with Crippen molar-refractivity contribution in [2.75, 3.05) is 15.5 Å². The van der Waals surface area contributed by atoms with Crippen LogP contribution in [-0.4, -0.2) is 50.0 Å². The monoisotopic (exact) mass is 523 g/mol. The van der Waals surface area contributed by atoms with Gasteiger partial charge in [0.05, 0.1) is 11.4 Å². The Balaban J connectivity index is 1.47. The Kier molecular flexibility index (Phi) is 6.80. The van der Waals surface area contributed by atoms with Crippen LogP contribution in [0.3, 0.4) is 0 Å². The van der Waals surface area contributed by atoms with Gasteiger partial charge in [0.25, 0.3) is 5.91 Å². The summed E-state index contributed by atoms with van der Waals surface area (Å²) in [6.45, 7) is 7.78. The fraction of sp³-hybridized carbons (Fsp3) is 0.214. The molecular weight excluding hydrogens is 494 g/mol. The molecule has 2 heterocycles. The number of fused-ring (bicyclic) bond motifs is 1. The number of nitrogens with one attached hydrogen (secondary N) is 4. The summed E-state index contributed by atoms with van der Waals surface area (Å²) < 4.78 is 0. The summed E-state index contributed by atoms with van der Waals surface area (Å²) in [5.74, 6) is 0.0356. The first-order valence-electron chi connectivity index (χ1n) is 12.5. The number of anilines is 4. The minimum Gasteiger partial charge on any atom is -0.323 e. The quantitative estimate of drug-likeness (QED) is 0.306. The molecule has 0 saturated heterocycles. The second kappa shape index (κ2) is 10.4. The normalized spacial score (nSPS) is 15.2. The van der Waals surface area contributed by atoms with Gasteiger partial charge in [-0.3, -0.25) is 4.79 Å². The summed E-state index contributed by atoms with van der Waals surface area (Å²) >= 11 is 0. The molecule has 198 valence electrons. The molecule has 1 atom stereocenters. The van der Waals surface area contributed by atoms with E-state index in [9.17, 15) is 9.59 Å². The van der Waals surface area contributed by atoms with Crippen LogP contribution in [0.25, 0.3) is 0 Å². The number of aliphatic imine (C=N–C) groups is 1. The highest BCUT2D eigenvalue weighted by Crippen LogP contribution is 2.33. The third-order valence-electron chi connectivity index (χ3n) is 6.19. The molecule has 3 amide bonds. The molecule has 11 heteroatoms. The summed E-state index contributed by atoms with van der Waals surface area (Å²) in [6.07, 6.45) is -1.16. The van der Waals surface area contributed by atoms with Gasteiger partial charge in [0, 0.05) is 28.0 Å². The lowest BCUT2D eigenvalue weighted by atomic mass is 9.97. The van der Waals surface area contributed by atoms with E-state index < -0.39 is 17.7 Å². The zero-order chi connectivity index (χ0) is 27.6. The van der Waals surface area contributed by atoms with Crippen molar-refractivity contribution in [1.82, 2.24) is 25.9 Å². The van der Waals surface area contributed by atoms with Crippen LogP contribution in [0.15, 0.2) is 77.8 Å². The van der Waals surface area contributed by atoms with Crippen LogP contribution in [0.1, 0.15) is 37.5 Å². The molecular formula is C28H29N9O2. The number of rotatable bonds is 5. The van der Waals surface area contributed by atoms with Gasteiger partial charge in [0.2, 0.25) is 12.1 Å². The predicted molar refractivity (Wildman–Crippen MR) is 150 cm³/mol. The average molecular weight is 524 g/mol. The number of tetrazole rings is 1. The fourth-order valence-electron chi connectivity index (χ4n) is 4.44. The van der Waals surface area contributed by atoms with Crippen molar-refractivity contribution in [3.05, 3.63) is 89.5 Å². The molecule has 0 fully saturated rings. The van der Waals surface area contributed by atoms with Gasteiger partial charge in [-0.1, -0.05) is 59.7 Å². The van der Waals surface area contributed by atoms with Gasteiger partial charge < -0.3 is 20.9 Å². The molecule has 0 radical (unpaired) electrons. The molecule has 3 aromatic carbocycles. The predicted octanol–water partition coefficient (Wildman–Crippen LogP) is 4.38. The first-order chi connectivity index (χ1) is 18.7. The molecule has 1 aliphatic rings. The Morgan fingerprint density at radius 1 is 1.00 bits per heavy atom. The van der Waals surface area contributed by atoms with E-state index in [4.69, 9.17) is 4.99 Å². The van der Waals surface area contributed by atoms with Gasteiger partial charge in [-0.15, -0.1) is 0 Å². The zero-order valence-electron chi connectivity index (χ0n) is 22.1. The molecule has 0 spiro atoms. The van der Waals surface area contributed by atoms with Gasteiger partial charge in [0.1, 0.15) is 0 Å². The van der Waals surface area contributed by atoms with Gasteiger partial charge >= 0.3 is 6.03 Å². The lowest BCUT2D eigenvalue weighted by Crippen LogP contribution is -2.54. The topological polar surface area (TPSA) is 140 Å². The molecule has 0 saturated carbocycles. The highest BCUT2D eigenvalue weighted by atomic mass is 16.2. The number of carbonyl (C=O) groups is 2. The van der Waals surface area contributed by atoms with Crippen LogP contribution < -0.4 is 20.9 Å². The smallest absolute Gasteiger partial charge is 0.321 e. The number of aryl methyl sites for hydroxylation is 1. The number of benzene rings is 3. The number of H-pyrrole nitrogens is 1. The molecule has 39 heavy (non-hydrogen) atoms. The number of carbonyl (C=O) groups excluding carboxylic acids is 2. The Bertz CT molecular complexity index is 1530. The van der Waals surface area contributed by atoms with E-state index in [-0.39, 0.29) is 5.91 Å². The number of nitrogens with zero attached hydrogens (tertiary/aromatic N) is 5. The molecule has 5 rings (SSSR count). The maximum atomic E-state index is 13.9. The Morgan fingerprint density at radius 3 is 2.46 bits per heavy atom. The maximum Gasteiger partial charge on any atom is 0.321 e. The SMILES string of the molecule is Cc1ccc(NC(=O)N[C@@H]2N=C(c3ccccc3)c3ccccc3N(C(C)(C)C)C2=O)cc1Nc1nnn[nH]1.